The van der Waals surface area contributed by atoms with Gasteiger partial charge in [0.25, 0.3) is 0 Å². The molecule has 0 aliphatic carbocycles. The van der Waals surface area contributed by atoms with Crippen molar-refractivity contribution in [3.05, 3.63) is 58.2 Å². The Labute approximate surface area is 143 Å². The number of benzene rings is 1. The summed E-state index contributed by atoms with van der Waals surface area (Å²) in [7, 11) is 1.72. The number of ether oxygens (including phenoxy) is 1. The van der Waals surface area contributed by atoms with Gasteiger partial charge in [-0.2, -0.15) is 0 Å². The molecule has 0 radical (unpaired) electrons. The third kappa shape index (κ3) is 2.82. The van der Waals surface area contributed by atoms with Crippen LogP contribution in [0.15, 0.2) is 24.5 Å². The summed E-state index contributed by atoms with van der Waals surface area (Å²) in [6, 6.07) is 6.48. The van der Waals surface area contributed by atoms with Gasteiger partial charge in [-0.05, 0) is 62.8 Å². The van der Waals surface area contributed by atoms with Crippen LogP contribution in [-0.4, -0.2) is 21.6 Å². The van der Waals surface area contributed by atoms with Crippen LogP contribution in [0.4, 0.5) is 0 Å². The van der Waals surface area contributed by atoms with Gasteiger partial charge >= 0.3 is 0 Å². The molecular weight excluding hydrogens is 298 g/mol. The Balaban J connectivity index is 2.02. The molecule has 4 heteroatoms. The summed E-state index contributed by atoms with van der Waals surface area (Å²) < 4.78 is 7.58. The van der Waals surface area contributed by atoms with Crippen molar-refractivity contribution in [3.8, 4) is 0 Å². The van der Waals surface area contributed by atoms with Crippen molar-refractivity contribution in [1.82, 2.24) is 14.5 Å². The summed E-state index contributed by atoms with van der Waals surface area (Å²) in [6.45, 7) is 9.12. The fourth-order valence-corrected chi connectivity index (χ4v) is 3.47. The molecule has 4 nitrogen and oxygen atoms in total. The van der Waals surface area contributed by atoms with Gasteiger partial charge in [-0.25, -0.2) is 9.97 Å². The van der Waals surface area contributed by atoms with Gasteiger partial charge in [-0.3, -0.25) is 0 Å². The highest BCUT2D eigenvalue weighted by Crippen LogP contribution is 2.26. The lowest BCUT2D eigenvalue weighted by molar-refractivity contribution is 0.133. The molecule has 0 unspecified atom stereocenters. The third-order valence-electron chi connectivity index (χ3n) is 4.99. The van der Waals surface area contributed by atoms with Gasteiger partial charge in [-0.1, -0.05) is 18.2 Å². The average Bonchev–Trinajstić information content (AvgIpc) is 2.81. The minimum absolute atomic E-state index is 0.528. The second kappa shape index (κ2) is 6.73. The number of methoxy groups -OCH3 is 1. The molecule has 0 saturated carbocycles. The van der Waals surface area contributed by atoms with Gasteiger partial charge in [0.15, 0.2) is 0 Å². The van der Waals surface area contributed by atoms with Crippen molar-refractivity contribution in [2.75, 3.05) is 7.11 Å². The fourth-order valence-electron chi connectivity index (χ4n) is 3.47. The second-order valence-corrected chi connectivity index (χ2v) is 6.44. The van der Waals surface area contributed by atoms with Crippen LogP contribution < -0.4 is 0 Å². The lowest BCUT2D eigenvalue weighted by Gasteiger charge is -2.12. The number of aryl methyl sites for hydroxylation is 4. The van der Waals surface area contributed by atoms with Crippen molar-refractivity contribution in [2.24, 2.45) is 0 Å². The molecule has 0 spiro atoms. The molecule has 0 amide bonds. The van der Waals surface area contributed by atoms with E-state index in [1.165, 1.54) is 27.9 Å². The van der Waals surface area contributed by atoms with Crippen molar-refractivity contribution >= 4 is 11.0 Å². The molecule has 0 atom stereocenters. The summed E-state index contributed by atoms with van der Waals surface area (Å²) in [5, 5.41) is 0. The van der Waals surface area contributed by atoms with Crippen molar-refractivity contribution in [1.29, 1.82) is 0 Å². The summed E-state index contributed by atoms with van der Waals surface area (Å²) >= 11 is 0. The fraction of sp³-hybridized carbons (Fsp3) is 0.400. The standard InChI is InChI=1S/C20H25N3O/c1-13-7-6-8-14(2)17(13)9-10-18-20-19(22-11-21-18)15(3)16(4)23(20)12-24-5/h6-8,11H,9-10,12H2,1-5H3. The van der Waals surface area contributed by atoms with Crippen LogP contribution in [0.5, 0.6) is 0 Å². The largest absolute Gasteiger partial charge is 0.364 e. The number of hydrogen-bond acceptors (Lipinski definition) is 3. The Hall–Kier alpha value is -2.20. The van der Waals surface area contributed by atoms with E-state index >= 15 is 0 Å². The molecule has 0 bridgehead atoms. The van der Waals surface area contributed by atoms with Crippen LogP contribution >= 0.6 is 0 Å². The Kier molecular flexibility index (Phi) is 4.67. The normalized spacial score (nSPS) is 11.4. The second-order valence-electron chi connectivity index (χ2n) is 6.44. The van der Waals surface area contributed by atoms with Crippen molar-refractivity contribution in [2.45, 2.75) is 47.3 Å². The maximum atomic E-state index is 5.39. The summed E-state index contributed by atoms with van der Waals surface area (Å²) in [6.07, 6.45) is 3.57. The average molecular weight is 323 g/mol. The minimum Gasteiger partial charge on any atom is -0.364 e. The molecule has 0 aliphatic rings. The molecule has 0 fully saturated rings. The first-order chi connectivity index (χ1) is 11.5. The van der Waals surface area contributed by atoms with Crippen LogP contribution in [0.2, 0.25) is 0 Å². The molecule has 3 rings (SSSR count). The topological polar surface area (TPSA) is 39.9 Å². The Morgan fingerprint density at radius 2 is 1.71 bits per heavy atom. The first kappa shape index (κ1) is 16.7. The van der Waals surface area contributed by atoms with Crippen LogP contribution in [0.1, 0.15) is 33.6 Å². The SMILES string of the molecule is COCn1c(C)c(C)c2ncnc(CCc3c(C)cccc3C)c21. The van der Waals surface area contributed by atoms with E-state index in [9.17, 15) is 0 Å². The van der Waals surface area contributed by atoms with Crippen LogP contribution in [0.25, 0.3) is 11.0 Å². The first-order valence-corrected chi connectivity index (χ1v) is 8.38. The van der Waals surface area contributed by atoms with E-state index in [1.807, 2.05) is 0 Å². The van der Waals surface area contributed by atoms with E-state index in [4.69, 9.17) is 4.74 Å². The molecular formula is C20H25N3O. The van der Waals surface area contributed by atoms with Gasteiger partial charge < -0.3 is 9.30 Å². The summed E-state index contributed by atoms with van der Waals surface area (Å²) in [4.78, 5) is 9.10. The highest BCUT2D eigenvalue weighted by molar-refractivity contribution is 5.83. The van der Waals surface area contributed by atoms with Gasteiger partial charge in [0.05, 0.1) is 16.7 Å². The monoisotopic (exact) mass is 323 g/mol. The minimum atomic E-state index is 0.528. The zero-order chi connectivity index (χ0) is 17.3. The molecule has 0 saturated heterocycles. The highest BCUT2D eigenvalue weighted by atomic mass is 16.5. The van der Waals surface area contributed by atoms with Gasteiger partial charge in [0.2, 0.25) is 0 Å². The van der Waals surface area contributed by atoms with E-state index < -0.39 is 0 Å². The Morgan fingerprint density at radius 1 is 1.00 bits per heavy atom. The number of aromatic nitrogens is 3. The smallest absolute Gasteiger partial charge is 0.122 e. The van der Waals surface area contributed by atoms with Crippen LogP contribution in [0, 0.1) is 27.7 Å². The van der Waals surface area contributed by atoms with E-state index in [-0.39, 0.29) is 0 Å². The number of fused-ring (bicyclic) bond motifs is 1. The predicted molar refractivity (Wildman–Crippen MR) is 97.3 cm³/mol. The van der Waals surface area contributed by atoms with Crippen molar-refractivity contribution < 1.29 is 4.74 Å². The third-order valence-corrected chi connectivity index (χ3v) is 4.99. The molecule has 2 aromatic heterocycles. The van der Waals surface area contributed by atoms with Gasteiger partial charge in [0.1, 0.15) is 13.1 Å². The maximum absolute atomic E-state index is 5.39. The van der Waals surface area contributed by atoms with Crippen molar-refractivity contribution in [3.63, 3.8) is 0 Å². The van der Waals surface area contributed by atoms with E-state index in [2.05, 4.69) is 60.4 Å². The van der Waals surface area contributed by atoms with Gasteiger partial charge in [0, 0.05) is 12.8 Å². The summed E-state index contributed by atoms with van der Waals surface area (Å²) in [5.41, 5.74) is 9.76. The zero-order valence-corrected chi connectivity index (χ0v) is 15.2. The summed E-state index contributed by atoms with van der Waals surface area (Å²) in [5.74, 6) is 0. The quantitative estimate of drug-likeness (QED) is 0.711. The van der Waals surface area contributed by atoms with Crippen LogP contribution in [-0.2, 0) is 24.3 Å². The van der Waals surface area contributed by atoms with E-state index in [1.54, 1.807) is 13.4 Å². The Bertz CT molecular complexity index is 860. The predicted octanol–water partition coefficient (Wildman–Crippen LogP) is 4.05. The maximum Gasteiger partial charge on any atom is 0.122 e. The van der Waals surface area contributed by atoms with E-state index in [0.29, 0.717) is 6.73 Å². The number of rotatable bonds is 5. The lowest BCUT2D eigenvalue weighted by Crippen LogP contribution is -2.06. The molecule has 0 aliphatic heterocycles. The van der Waals surface area contributed by atoms with Gasteiger partial charge in [-0.15, -0.1) is 0 Å². The molecule has 126 valence electrons. The molecule has 3 aromatic rings. The molecule has 2 heterocycles. The van der Waals surface area contributed by atoms with E-state index in [0.717, 1.165) is 29.6 Å². The number of hydrogen-bond donors (Lipinski definition) is 0. The Morgan fingerprint density at radius 3 is 2.38 bits per heavy atom. The highest BCUT2D eigenvalue weighted by Gasteiger charge is 2.16. The molecule has 24 heavy (non-hydrogen) atoms. The lowest BCUT2D eigenvalue weighted by atomic mass is 9.97. The first-order valence-electron chi connectivity index (χ1n) is 8.38. The number of nitrogens with zero attached hydrogens (tertiary/aromatic N) is 3. The van der Waals surface area contributed by atoms with Crippen LogP contribution in [0.3, 0.4) is 0 Å². The molecule has 0 N–H and O–H groups in total. The zero-order valence-electron chi connectivity index (χ0n) is 15.2. The molecule has 1 aromatic carbocycles.